The van der Waals surface area contributed by atoms with Crippen molar-refractivity contribution in [1.82, 2.24) is 9.78 Å². The molecule has 1 aromatic heterocycles. The van der Waals surface area contributed by atoms with Gasteiger partial charge in [-0.2, -0.15) is 5.10 Å². The van der Waals surface area contributed by atoms with Gasteiger partial charge in [-0.3, -0.25) is 4.68 Å². The maximum absolute atomic E-state index is 5.66. The maximum atomic E-state index is 5.66. The number of hydrogen-bond donors (Lipinski definition) is 1. The van der Waals surface area contributed by atoms with E-state index in [-0.39, 0.29) is 0 Å². The lowest BCUT2D eigenvalue weighted by molar-refractivity contribution is 0.690. The van der Waals surface area contributed by atoms with Gasteiger partial charge < -0.3 is 5.73 Å². The number of nitrogen functional groups attached to an aromatic ring is 1. The van der Waals surface area contributed by atoms with Gasteiger partial charge in [0, 0.05) is 11.8 Å². The first-order chi connectivity index (χ1) is 6.75. The van der Waals surface area contributed by atoms with Crippen LogP contribution < -0.4 is 5.73 Å². The highest BCUT2D eigenvalue weighted by Crippen LogP contribution is 2.08. The molecule has 2 rings (SSSR count). The van der Waals surface area contributed by atoms with Crippen molar-refractivity contribution < 1.29 is 0 Å². The molecule has 3 nitrogen and oxygen atoms in total. The van der Waals surface area contributed by atoms with Crippen molar-refractivity contribution in [3.8, 4) is 0 Å². The number of benzene rings is 1. The van der Waals surface area contributed by atoms with Crippen molar-refractivity contribution in [2.75, 3.05) is 5.73 Å². The lowest BCUT2D eigenvalue weighted by Crippen LogP contribution is -2.00. The Morgan fingerprint density at radius 1 is 1.29 bits per heavy atom. The molecule has 0 saturated heterocycles. The van der Waals surface area contributed by atoms with Crippen LogP contribution in [0.25, 0.3) is 0 Å². The van der Waals surface area contributed by atoms with Crippen LogP contribution in [0, 0.1) is 6.92 Å². The maximum Gasteiger partial charge on any atom is 0.148 e. The summed E-state index contributed by atoms with van der Waals surface area (Å²) >= 11 is 0. The zero-order valence-corrected chi connectivity index (χ0v) is 8.14. The van der Waals surface area contributed by atoms with Crippen LogP contribution in [0.2, 0.25) is 0 Å². The Hall–Kier alpha value is -1.77. The molecule has 0 aliphatic rings. The molecule has 2 aromatic rings. The fourth-order valence-corrected chi connectivity index (χ4v) is 1.39. The highest BCUT2D eigenvalue weighted by Gasteiger charge is 2.00. The summed E-state index contributed by atoms with van der Waals surface area (Å²) in [4.78, 5) is 0. The molecule has 0 fully saturated rings. The Kier molecular flexibility index (Phi) is 2.23. The molecule has 0 aliphatic carbocycles. The predicted molar refractivity (Wildman–Crippen MR) is 56.9 cm³/mol. The monoisotopic (exact) mass is 187 g/mol. The van der Waals surface area contributed by atoms with Crippen molar-refractivity contribution in [1.29, 1.82) is 0 Å². The molecule has 0 bridgehead atoms. The minimum Gasteiger partial charge on any atom is -0.382 e. The third kappa shape index (κ3) is 1.76. The third-order valence-corrected chi connectivity index (χ3v) is 2.17. The summed E-state index contributed by atoms with van der Waals surface area (Å²) < 4.78 is 1.86. The lowest BCUT2D eigenvalue weighted by atomic mass is 10.2. The number of aromatic nitrogens is 2. The summed E-state index contributed by atoms with van der Waals surface area (Å²) in [5, 5.41) is 4.20. The number of nitrogens with zero attached hydrogens (tertiary/aromatic N) is 2. The van der Waals surface area contributed by atoms with Gasteiger partial charge in [0.1, 0.15) is 5.82 Å². The van der Waals surface area contributed by atoms with Gasteiger partial charge in [0.15, 0.2) is 0 Å². The van der Waals surface area contributed by atoms with Gasteiger partial charge in [-0.05, 0) is 12.5 Å². The molecule has 0 saturated carbocycles. The number of nitrogens with two attached hydrogens (primary N) is 1. The van der Waals surface area contributed by atoms with E-state index in [4.69, 9.17) is 5.73 Å². The Morgan fingerprint density at radius 2 is 2.00 bits per heavy atom. The van der Waals surface area contributed by atoms with Crippen LogP contribution in [-0.2, 0) is 6.54 Å². The van der Waals surface area contributed by atoms with Crippen molar-refractivity contribution in [2.24, 2.45) is 0 Å². The van der Waals surface area contributed by atoms with Gasteiger partial charge in [0.2, 0.25) is 0 Å². The highest BCUT2D eigenvalue weighted by atomic mass is 15.3. The highest BCUT2D eigenvalue weighted by molar-refractivity contribution is 5.35. The molecule has 0 amide bonds. The molecule has 72 valence electrons. The van der Waals surface area contributed by atoms with Crippen LogP contribution in [0.4, 0.5) is 5.82 Å². The molecule has 14 heavy (non-hydrogen) atoms. The van der Waals surface area contributed by atoms with Crippen molar-refractivity contribution in [3.05, 3.63) is 47.7 Å². The minimum atomic E-state index is 0.612. The second-order valence-corrected chi connectivity index (χ2v) is 3.38. The fourth-order valence-electron chi connectivity index (χ4n) is 1.39. The molecule has 3 heteroatoms. The second kappa shape index (κ2) is 3.54. The first kappa shape index (κ1) is 8.81. The third-order valence-electron chi connectivity index (χ3n) is 2.17. The molecule has 0 unspecified atom stereocenters. The fraction of sp³-hybridized carbons (Fsp3) is 0.182. The SMILES string of the molecule is Cc1cn(Cc2ccccc2)nc1N. The van der Waals surface area contributed by atoms with Crippen LogP contribution in [0.15, 0.2) is 36.5 Å². The molecule has 1 aromatic carbocycles. The predicted octanol–water partition coefficient (Wildman–Crippen LogP) is 1.82. The minimum absolute atomic E-state index is 0.612. The van der Waals surface area contributed by atoms with E-state index in [0.29, 0.717) is 5.82 Å². The van der Waals surface area contributed by atoms with Crippen LogP contribution >= 0.6 is 0 Å². The molecule has 0 spiro atoms. The van der Waals surface area contributed by atoms with Gasteiger partial charge in [-0.15, -0.1) is 0 Å². The average Bonchev–Trinajstić information content (AvgIpc) is 2.47. The molecule has 2 N–H and O–H groups in total. The van der Waals surface area contributed by atoms with E-state index in [9.17, 15) is 0 Å². The van der Waals surface area contributed by atoms with Gasteiger partial charge in [0.25, 0.3) is 0 Å². The standard InChI is InChI=1S/C11H13N3/c1-9-7-14(13-11(9)12)8-10-5-3-2-4-6-10/h2-7H,8H2,1H3,(H2,12,13). The summed E-state index contributed by atoms with van der Waals surface area (Å²) in [6.45, 7) is 2.74. The zero-order chi connectivity index (χ0) is 9.97. The number of anilines is 1. The van der Waals surface area contributed by atoms with Gasteiger partial charge >= 0.3 is 0 Å². The first-order valence-electron chi connectivity index (χ1n) is 4.59. The van der Waals surface area contributed by atoms with E-state index in [2.05, 4.69) is 17.2 Å². The molecular formula is C11H13N3. The molecule has 0 aliphatic heterocycles. The average molecular weight is 187 g/mol. The quantitative estimate of drug-likeness (QED) is 0.779. The second-order valence-electron chi connectivity index (χ2n) is 3.38. The Morgan fingerprint density at radius 3 is 2.57 bits per heavy atom. The smallest absolute Gasteiger partial charge is 0.148 e. The van der Waals surface area contributed by atoms with Gasteiger partial charge in [-0.25, -0.2) is 0 Å². The van der Waals surface area contributed by atoms with E-state index in [1.54, 1.807) is 0 Å². The Balaban J connectivity index is 2.19. The number of aryl methyl sites for hydroxylation is 1. The lowest BCUT2D eigenvalue weighted by Gasteiger charge is -2.00. The summed E-state index contributed by atoms with van der Waals surface area (Å²) in [5.74, 6) is 0.612. The Labute approximate surface area is 83.2 Å². The van der Waals surface area contributed by atoms with Crippen LogP contribution in [0.1, 0.15) is 11.1 Å². The molecular weight excluding hydrogens is 174 g/mol. The topological polar surface area (TPSA) is 43.8 Å². The summed E-state index contributed by atoms with van der Waals surface area (Å²) in [7, 11) is 0. The molecule has 1 heterocycles. The van der Waals surface area contributed by atoms with Crippen LogP contribution in [-0.4, -0.2) is 9.78 Å². The zero-order valence-electron chi connectivity index (χ0n) is 8.14. The van der Waals surface area contributed by atoms with E-state index >= 15 is 0 Å². The van der Waals surface area contributed by atoms with Crippen LogP contribution in [0.5, 0.6) is 0 Å². The van der Waals surface area contributed by atoms with E-state index in [0.717, 1.165) is 12.1 Å². The van der Waals surface area contributed by atoms with E-state index in [1.165, 1.54) is 5.56 Å². The molecule has 0 radical (unpaired) electrons. The number of rotatable bonds is 2. The Bertz CT molecular complexity index is 398. The first-order valence-corrected chi connectivity index (χ1v) is 4.59. The van der Waals surface area contributed by atoms with Crippen LogP contribution in [0.3, 0.4) is 0 Å². The van der Waals surface area contributed by atoms with E-state index in [1.807, 2.05) is 36.0 Å². The molecule has 0 atom stereocenters. The normalized spacial score (nSPS) is 10.4. The largest absolute Gasteiger partial charge is 0.382 e. The van der Waals surface area contributed by atoms with Crippen molar-refractivity contribution >= 4 is 5.82 Å². The summed E-state index contributed by atoms with van der Waals surface area (Å²) in [6.07, 6.45) is 1.96. The van der Waals surface area contributed by atoms with Gasteiger partial charge in [0.05, 0.1) is 6.54 Å². The van der Waals surface area contributed by atoms with Crippen molar-refractivity contribution in [2.45, 2.75) is 13.5 Å². The summed E-state index contributed by atoms with van der Waals surface area (Å²) in [5.41, 5.74) is 7.92. The summed E-state index contributed by atoms with van der Waals surface area (Å²) in [6, 6.07) is 10.2. The van der Waals surface area contributed by atoms with E-state index < -0.39 is 0 Å². The number of hydrogen-bond acceptors (Lipinski definition) is 2. The van der Waals surface area contributed by atoms with Gasteiger partial charge in [-0.1, -0.05) is 30.3 Å². The van der Waals surface area contributed by atoms with Crippen molar-refractivity contribution in [3.63, 3.8) is 0 Å².